The molecule has 0 heterocycles. The molecule has 0 fully saturated rings. The second-order valence-electron chi connectivity index (χ2n) is 2.91. The molecule has 1 aromatic rings. The summed E-state index contributed by atoms with van der Waals surface area (Å²) in [5, 5.41) is -4.26. The molecule has 0 unspecified atom stereocenters. The van der Waals surface area contributed by atoms with Gasteiger partial charge in [0.25, 0.3) is 0 Å². The summed E-state index contributed by atoms with van der Waals surface area (Å²) in [5.41, 5.74) is 0. The summed E-state index contributed by atoms with van der Waals surface area (Å²) < 4.78 is 52.2. The van der Waals surface area contributed by atoms with Gasteiger partial charge in [0.1, 0.15) is 0 Å². The minimum absolute atomic E-state index is 0.0239. The number of alkyl halides is 3. The van der Waals surface area contributed by atoms with E-state index >= 15 is 0 Å². The normalized spacial score (nSPS) is 11.2. The Bertz CT molecular complexity index is 368. The van der Waals surface area contributed by atoms with Crippen LogP contribution in [0.25, 0.3) is 0 Å². The van der Waals surface area contributed by atoms with Crippen molar-refractivity contribution < 1.29 is 27.4 Å². The van der Waals surface area contributed by atoms with Crippen LogP contribution in [0.2, 0.25) is 0 Å². The Hall–Kier alpha value is -1.07. The quantitative estimate of drug-likeness (QED) is 0.789. The van der Waals surface area contributed by atoms with Gasteiger partial charge < -0.3 is 0 Å². The number of hydrogen-bond acceptors (Lipinski definition) is 3. The van der Waals surface area contributed by atoms with Crippen molar-refractivity contribution in [2.75, 3.05) is 21.3 Å². The van der Waals surface area contributed by atoms with E-state index in [1.165, 1.54) is 33.5 Å². The van der Waals surface area contributed by atoms with Crippen molar-refractivity contribution in [1.29, 1.82) is 0 Å². The average Bonchev–Trinajstić information content (AvgIpc) is 2.27. The molecule has 0 aliphatic carbocycles. The molecule has 1 rings (SSSR count). The maximum absolute atomic E-state index is 12.4. The number of rotatable bonds is 4. The molecule has 0 aliphatic rings. The van der Waals surface area contributed by atoms with Gasteiger partial charge in [0, 0.05) is 0 Å². The molecule has 0 bridgehead atoms. The summed E-state index contributed by atoms with van der Waals surface area (Å²) in [6.07, 6.45) is 0. The van der Waals surface area contributed by atoms with E-state index in [9.17, 15) is 13.2 Å². The predicted octanol–water partition coefficient (Wildman–Crippen LogP) is 1.56. The summed E-state index contributed by atoms with van der Waals surface area (Å²) >= 11 is -1.73. The van der Waals surface area contributed by atoms with Crippen molar-refractivity contribution in [3.05, 3.63) is 12.1 Å². The van der Waals surface area contributed by atoms with Crippen molar-refractivity contribution in [3.8, 4) is 17.2 Å². The van der Waals surface area contributed by atoms with Crippen molar-refractivity contribution in [1.82, 2.24) is 0 Å². The fraction of sp³-hybridized carbons (Fsp3) is 0.400. The molecule has 1 aromatic carbocycles. The fourth-order valence-electron chi connectivity index (χ4n) is 1.19. The van der Waals surface area contributed by atoms with E-state index in [1.54, 1.807) is 0 Å². The third-order valence-corrected chi connectivity index (χ3v) is 3.65. The Balaban J connectivity index is 3.24. The summed E-state index contributed by atoms with van der Waals surface area (Å²) in [6.45, 7) is 0. The molecule has 3 nitrogen and oxygen atoms in total. The zero-order valence-corrected chi connectivity index (χ0v) is 11.1. The van der Waals surface area contributed by atoms with E-state index in [-0.39, 0.29) is 16.0 Å². The molecular formula is C10H11F3O3Se. The molecule has 0 saturated heterocycles. The van der Waals surface area contributed by atoms with Crippen LogP contribution >= 0.6 is 0 Å². The van der Waals surface area contributed by atoms with Crippen LogP contribution in [-0.2, 0) is 0 Å². The minimum atomic E-state index is -4.26. The molecule has 0 amide bonds. The van der Waals surface area contributed by atoms with Gasteiger partial charge in [0.2, 0.25) is 0 Å². The first-order valence-electron chi connectivity index (χ1n) is 4.47. The second kappa shape index (κ2) is 5.51. The van der Waals surface area contributed by atoms with E-state index in [1.807, 2.05) is 0 Å². The fourth-order valence-corrected chi connectivity index (χ4v) is 2.69. The Morgan fingerprint density at radius 2 is 1.41 bits per heavy atom. The van der Waals surface area contributed by atoms with Crippen LogP contribution in [0.4, 0.5) is 13.2 Å². The molecule has 0 aromatic heterocycles. The van der Waals surface area contributed by atoms with E-state index in [2.05, 4.69) is 0 Å². The first kappa shape index (κ1) is 14.0. The molecule has 0 atom stereocenters. The summed E-state index contributed by atoms with van der Waals surface area (Å²) in [6, 6.07) is 2.82. The standard InChI is InChI=1S/C10H11F3O3Se/c1-14-6-4-7(15-2)9(8(5-6)16-3)17-10(11,12)13/h4-5H,1-3H3. The Morgan fingerprint density at radius 1 is 0.941 bits per heavy atom. The van der Waals surface area contributed by atoms with E-state index in [4.69, 9.17) is 14.2 Å². The van der Waals surface area contributed by atoms with Gasteiger partial charge >= 0.3 is 103 Å². The molecule has 0 spiro atoms. The monoisotopic (exact) mass is 316 g/mol. The van der Waals surface area contributed by atoms with Gasteiger partial charge in [-0.15, -0.1) is 0 Å². The first-order valence-corrected chi connectivity index (χ1v) is 6.18. The summed E-state index contributed by atoms with van der Waals surface area (Å²) in [4.78, 5) is 0. The number of halogens is 3. The molecule has 96 valence electrons. The number of hydrogen-bond donors (Lipinski definition) is 0. The summed E-state index contributed by atoms with van der Waals surface area (Å²) in [7, 11) is 4.04. The van der Waals surface area contributed by atoms with E-state index in [0.29, 0.717) is 5.75 Å². The zero-order valence-electron chi connectivity index (χ0n) is 9.42. The number of methoxy groups -OCH3 is 3. The van der Waals surface area contributed by atoms with Crippen molar-refractivity contribution in [3.63, 3.8) is 0 Å². The average molecular weight is 315 g/mol. The SMILES string of the molecule is COc1cc(OC)c([Se]C(F)(F)F)c(OC)c1. The van der Waals surface area contributed by atoms with Crippen LogP contribution in [0.3, 0.4) is 0 Å². The van der Waals surface area contributed by atoms with Gasteiger partial charge in [-0.05, 0) is 0 Å². The third-order valence-electron chi connectivity index (χ3n) is 1.89. The van der Waals surface area contributed by atoms with Gasteiger partial charge in [-0.1, -0.05) is 0 Å². The van der Waals surface area contributed by atoms with Gasteiger partial charge in [0.15, 0.2) is 0 Å². The first-order chi connectivity index (χ1) is 7.91. The van der Waals surface area contributed by atoms with E-state index < -0.39 is 20.0 Å². The van der Waals surface area contributed by atoms with Gasteiger partial charge in [-0.3, -0.25) is 0 Å². The molecule has 0 N–H and O–H groups in total. The molecule has 17 heavy (non-hydrogen) atoms. The van der Waals surface area contributed by atoms with Crippen LogP contribution in [0.5, 0.6) is 17.2 Å². The molecule has 0 aliphatic heterocycles. The van der Waals surface area contributed by atoms with Gasteiger partial charge in [-0.25, -0.2) is 0 Å². The van der Waals surface area contributed by atoms with Crippen LogP contribution in [0.15, 0.2) is 12.1 Å². The predicted molar refractivity (Wildman–Crippen MR) is 57.5 cm³/mol. The van der Waals surface area contributed by atoms with Gasteiger partial charge in [0.05, 0.1) is 0 Å². The van der Waals surface area contributed by atoms with E-state index in [0.717, 1.165) is 0 Å². The molecular weight excluding hydrogens is 304 g/mol. The topological polar surface area (TPSA) is 27.7 Å². The van der Waals surface area contributed by atoms with Crippen molar-refractivity contribution in [2.24, 2.45) is 0 Å². The summed E-state index contributed by atoms with van der Waals surface area (Å²) in [5.74, 6) is 0.637. The number of benzene rings is 1. The Labute approximate surface area is 103 Å². The van der Waals surface area contributed by atoms with Crippen LogP contribution in [0, 0.1) is 0 Å². The second-order valence-corrected chi connectivity index (χ2v) is 5.16. The molecule has 0 radical (unpaired) electrons. The van der Waals surface area contributed by atoms with Gasteiger partial charge in [-0.2, -0.15) is 0 Å². The molecule has 0 saturated carbocycles. The Kier molecular flexibility index (Phi) is 4.53. The van der Waals surface area contributed by atoms with Crippen LogP contribution in [0.1, 0.15) is 0 Å². The van der Waals surface area contributed by atoms with Crippen molar-refractivity contribution in [2.45, 2.75) is 5.07 Å². The molecule has 7 heteroatoms. The van der Waals surface area contributed by atoms with Crippen LogP contribution in [-0.4, -0.2) is 41.4 Å². The van der Waals surface area contributed by atoms with Crippen molar-refractivity contribution >= 4 is 19.4 Å². The maximum atomic E-state index is 12.4. The zero-order chi connectivity index (χ0) is 13.1. The number of ether oxygens (including phenoxy) is 3. The Morgan fingerprint density at radius 3 is 1.71 bits per heavy atom. The third kappa shape index (κ3) is 3.71. The van der Waals surface area contributed by atoms with Crippen LogP contribution < -0.4 is 18.7 Å².